The highest BCUT2D eigenvalue weighted by Crippen LogP contribution is 2.30. The van der Waals surface area contributed by atoms with Gasteiger partial charge in [0.2, 0.25) is 0 Å². The largest absolute Gasteiger partial charge is 0.496 e. The number of carbonyl (C=O) groups is 2. The molecule has 1 N–H and O–H groups in total. The first kappa shape index (κ1) is 18.9. The van der Waals surface area contributed by atoms with Gasteiger partial charge in [0.25, 0.3) is 5.91 Å². The Labute approximate surface area is 148 Å². The van der Waals surface area contributed by atoms with Crippen LogP contribution in [0, 0.1) is 0 Å². The predicted molar refractivity (Wildman–Crippen MR) is 93.2 cm³/mol. The summed E-state index contributed by atoms with van der Waals surface area (Å²) in [6, 6.07) is 5.08. The van der Waals surface area contributed by atoms with Crippen molar-refractivity contribution in [3.63, 3.8) is 0 Å². The third-order valence-corrected chi connectivity index (χ3v) is 3.84. The van der Waals surface area contributed by atoms with E-state index in [2.05, 4.69) is 5.32 Å². The minimum atomic E-state index is -0.553. The second kappa shape index (κ2) is 7.63. The van der Waals surface area contributed by atoms with Crippen LogP contribution in [-0.2, 0) is 4.74 Å². The summed E-state index contributed by atoms with van der Waals surface area (Å²) in [4.78, 5) is 26.5. The Morgan fingerprint density at radius 2 is 1.76 bits per heavy atom. The van der Waals surface area contributed by atoms with Crippen molar-refractivity contribution < 1.29 is 23.8 Å². The molecule has 1 aromatic rings. The van der Waals surface area contributed by atoms with Gasteiger partial charge >= 0.3 is 6.09 Å². The molecule has 1 aliphatic rings. The molecule has 138 valence electrons. The number of ether oxygens (including phenoxy) is 3. The zero-order chi connectivity index (χ0) is 18.6. The lowest BCUT2D eigenvalue weighted by Gasteiger charge is -2.22. The molecule has 1 saturated heterocycles. The highest BCUT2D eigenvalue weighted by Gasteiger charge is 2.32. The van der Waals surface area contributed by atoms with Gasteiger partial charge < -0.3 is 24.4 Å². The Morgan fingerprint density at radius 3 is 2.28 bits per heavy atom. The maximum absolute atomic E-state index is 12.9. The molecular weight excluding hydrogens is 324 g/mol. The highest BCUT2D eigenvalue weighted by molar-refractivity contribution is 6.00. The molecule has 0 bridgehead atoms. The number of methoxy groups -OCH3 is 2. The zero-order valence-corrected chi connectivity index (χ0v) is 15.4. The standard InChI is InChI=1S/C18H26N2O5/c1-18(2,3)25-17(22)19-12-9-10-20(11-12)16(21)15-13(23-4)7-6-8-14(15)24-5/h6-8,12H,9-11H2,1-5H3,(H,19,22). The van der Waals surface area contributed by atoms with E-state index in [4.69, 9.17) is 14.2 Å². The number of rotatable bonds is 4. The zero-order valence-electron chi connectivity index (χ0n) is 15.4. The van der Waals surface area contributed by atoms with Crippen LogP contribution < -0.4 is 14.8 Å². The summed E-state index contributed by atoms with van der Waals surface area (Å²) in [5, 5.41) is 2.81. The smallest absolute Gasteiger partial charge is 0.407 e. The number of carbonyl (C=O) groups excluding carboxylic acids is 2. The molecular formula is C18H26N2O5. The predicted octanol–water partition coefficient (Wildman–Crippen LogP) is 2.44. The minimum Gasteiger partial charge on any atom is -0.496 e. The van der Waals surface area contributed by atoms with Gasteiger partial charge in [-0.3, -0.25) is 4.79 Å². The van der Waals surface area contributed by atoms with Crippen LogP contribution in [0.2, 0.25) is 0 Å². The molecule has 2 amide bonds. The van der Waals surface area contributed by atoms with Gasteiger partial charge in [0.05, 0.1) is 20.3 Å². The molecule has 1 aromatic carbocycles. The van der Waals surface area contributed by atoms with Crippen molar-refractivity contribution in [1.29, 1.82) is 0 Å². The van der Waals surface area contributed by atoms with Crippen LogP contribution >= 0.6 is 0 Å². The van der Waals surface area contributed by atoms with Crippen LogP contribution in [-0.4, -0.2) is 55.9 Å². The van der Waals surface area contributed by atoms with Crippen molar-refractivity contribution in [1.82, 2.24) is 10.2 Å². The van der Waals surface area contributed by atoms with Gasteiger partial charge in [0, 0.05) is 13.1 Å². The van der Waals surface area contributed by atoms with Gasteiger partial charge in [-0.2, -0.15) is 0 Å². The fraction of sp³-hybridized carbons (Fsp3) is 0.556. The fourth-order valence-electron chi connectivity index (χ4n) is 2.76. The summed E-state index contributed by atoms with van der Waals surface area (Å²) in [5.41, 5.74) is -0.159. The van der Waals surface area contributed by atoms with Gasteiger partial charge in [-0.15, -0.1) is 0 Å². The van der Waals surface area contributed by atoms with Crippen LogP contribution in [0.5, 0.6) is 11.5 Å². The van der Waals surface area contributed by atoms with Gasteiger partial charge in [0.1, 0.15) is 22.7 Å². The van der Waals surface area contributed by atoms with E-state index in [0.29, 0.717) is 36.6 Å². The van der Waals surface area contributed by atoms with E-state index in [-0.39, 0.29) is 11.9 Å². The Hall–Kier alpha value is -2.44. The van der Waals surface area contributed by atoms with E-state index in [1.165, 1.54) is 14.2 Å². The number of benzene rings is 1. The number of nitrogens with one attached hydrogen (secondary N) is 1. The van der Waals surface area contributed by atoms with Gasteiger partial charge in [-0.05, 0) is 39.3 Å². The molecule has 0 saturated carbocycles. The quantitative estimate of drug-likeness (QED) is 0.902. The number of likely N-dealkylation sites (tertiary alicyclic amines) is 1. The first-order chi connectivity index (χ1) is 11.7. The minimum absolute atomic E-state index is 0.139. The van der Waals surface area contributed by atoms with Crippen LogP contribution in [0.3, 0.4) is 0 Å². The third kappa shape index (κ3) is 4.78. The number of hydrogen-bond donors (Lipinski definition) is 1. The van der Waals surface area contributed by atoms with Crippen molar-refractivity contribution in [2.24, 2.45) is 0 Å². The molecule has 7 nitrogen and oxygen atoms in total. The summed E-state index contributed by atoms with van der Waals surface area (Å²) in [7, 11) is 3.03. The van der Waals surface area contributed by atoms with Crippen molar-refractivity contribution in [3.05, 3.63) is 23.8 Å². The van der Waals surface area contributed by atoms with Crippen molar-refractivity contribution in [2.75, 3.05) is 27.3 Å². The molecule has 1 fully saturated rings. The van der Waals surface area contributed by atoms with E-state index in [9.17, 15) is 9.59 Å². The second-order valence-electron chi connectivity index (χ2n) is 6.92. The Kier molecular flexibility index (Phi) is 5.77. The first-order valence-electron chi connectivity index (χ1n) is 8.25. The van der Waals surface area contributed by atoms with E-state index in [1.807, 2.05) is 20.8 Å². The van der Waals surface area contributed by atoms with E-state index < -0.39 is 11.7 Å². The van der Waals surface area contributed by atoms with Gasteiger partial charge in [-0.1, -0.05) is 6.07 Å². The normalized spacial score (nSPS) is 17.2. The summed E-state index contributed by atoms with van der Waals surface area (Å²) < 4.78 is 15.9. The second-order valence-corrected chi connectivity index (χ2v) is 6.92. The lowest BCUT2D eigenvalue weighted by molar-refractivity contribution is 0.0502. The molecule has 1 heterocycles. The SMILES string of the molecule is COc1cccc(OC)c1C(=O)N1CCC(NC(=O)OC(C)(C)C)C1. The molecule has 1 atom stereocenters. The highest BCUT2D eigenvalue weighted by atomic mass is 16.6. The lowest BCUT2D eigenvalue weighted by Crippen LogP contribution is -2.41. The number of alkyl carbamates (subject to hydrolysis) is 1. The topological polar surface area (TPSA) is 77.1 Å². The monoisotopic (exact) mass is 350 g/mol. The summed E-state index contributed by atoms with van der Waals surface area (Å²) in [6.07, 6.45) is 0.198. The molecule has 25 heavy (non-hydrogen) atoms. The van der Waals surface area contributed by atoms with Crippen LogP contribution in [0.15, 0.2) is 18.2 Å². The Balaban J connectivity index is 2.05. The van der Waals surface area contributed by atoms with Crippen LogP contribution in [0.1, 0.15) is 37.6 Å². The average molecular weight is 350 g/mol. The average Bonchev–Trinajstić information content (AvgIpc) is 2.99. The Bertz CT molecular complexity index is 617. The molecule has 0 aromatic heterocycles. The molecule has 0 spiro atoms. The van der Waals surface area contributed by atoms with Gasteiger partial charge in [0.15, 0.2) is 0 Å². The van der Waals surface area contributed by atoms with E-state index >= 15 is 0 Å². The molecule has 0 radical (unpaired) electrons. The van der Waals surface area contributed by atoms with Crippen LogP contribution in [0.4, 0.5) is 4.79 Å². The summed E-state index contributed by atoms with van der Waals surface area (Å²) in [5.74, 6) is 0.753. The maximum atomic E-state index is 12.9. The third-order valence-electron chi connectivity index (χ3n) is 3.84. The lowest BCUT2D eigenvalue weighted by atomic mass is 10.1. The number of amides is 2. The van der Waals surface area contributed by atoms with E-state index in [1.54, 1.807) is 23.1 Å². The number of hydrogen-bond acceptors (Lipinski definition) is 5. The van der Waals surface area contributed by atoms with Crippen molar-refractivity contribution >= 4 is 12.0 Å². The molecule has 1 unspecified atom stereocenters. The van der Waals surface area contributed by atoms with Crippen LogP contribution in [0.25, 0.3) is 0 Å². The number of nitrogens with zero attached hydrogens (tertiary/aromatic N) is 1. The van der Waals surface area contributed by atoms with Gasteiger partial charge in [-0.25, -0.2) is 4.79 Å². The molecule has 1 aliphatic heterocycles. The molecule has 7 heteroatoms. The molecule has 2 rings (SSSR count). The fourth-order valence-corrected chi connectivity index (χ4v) is 2.76. The van der Waals surface area contributed by atoms with Crippen molar-refractivity contribution in [3.8, 4) is 11.5 Å². The maximum Gasteiger partial charge on any atom is 0.407 e. The van der Waals surface area contributed by atoms with Crippen molar-refractivity contribution in [2.45, 2.75) is 38.8 Å². The summed E-state index contributed by atoms with van der Waals surface area (Å²) >= 11 is 0. The summed E-state index contributed by atoms with van der Waals surface area (Å²) in [6.45, 7) is 6.39. The molecule has 0 aliphatic carbocycles. The first-order valence-corrected chi connectivity index (χ1v) is 8.25. The van der Waals surface area contributed by atoms with E-state index in [0.717, 1.165) is 0 Å². The Morgan fingerprint density at radius 1 is 1.16 bits per heavy atom.